The zero-order valence-corrected chi connectivity index (χ0v) is 18.0. The molecule has 7 nitrogen and oxygen atoms in total. The van der Waals surface area contributed by atoms with Crippen LogP contribution in [0.25, 0.3) is 11.3 Å². The van der Waals surface area contributed by atoms with Crippen molar-refractivity contribution in [2.75, 3.05) is 11.9 Å². The molecule has 0 aliphatic rings. The molecule has 31 heavy (non-hydrogen) atoms. The van der Waals surface area contributed by atoms with Crippen LogP contribution in [0.15, 0.2) is 42.6 Å². The van der Waals surface area contributed by atoms with Crippen LogP contribution in [0.4, 0.5) is 5.69 Å². The van der Waals surface area contributed by atoms with Gasteiger partial charge in [-0.25, -0.2) is 14.8 Å². The summed E-state index contributed by atoms with van der Waals surface area (Å²) >= 11 is 0. The van der Waals surface area contributed by atoms with E-state index >= 15 is 0 Å². The fourth-order valence-electron chi connectivity index (χ4n) is 3.26. The lowest BCUT2D eigenvalue weighted by atomic mass is 10.1. The SMILES string of the molecule is CCOC(=O)c1ncc(C)c(NC(=O)c2nc(-c3cccc(CO)c3)ccc2C)c1C. The minimum Gasteiger partial charge on any atom is -0.461 e. The van der Waals surface area contributed by atoms with E-state index in [0.29, 0.717) is 16.9 Å². The van der Waals surface area contributed by atoms with Gasteiger partial charge in [-0.2, -0.15) is 0 Å². The van der Waals surface area contributed by atoms with E-state index in [9.17, 15) is 14.7 Å². The van der Waals surface area contributed by atoms with Crippen LogP contribution in [-0.2, 0) is 11.3 Å². The molecule has 1 aromatic carbocycles. The predicted octanol–water partition coefficient (Wildman–Crippen LogP) is 3.99. The summed E-state index contributed by atoms with van der Waals surface area (Å²) in [5.74, 6) is -0.916. The van der Waals surface area contributed by atoms with Crippen LogP contribution in [0.1, 0.15) is 50.2 Å². The fraction of sp³-hybridized carbons (Fsp3) is 0.250. The van der Waals surface area contributed by atoms with Gasteiger partial charge in [-0.1, -0.05) is 24.3 Å². The highest BCUT2D eigenvalue weighted by Crippen LogP contribution is 2.25. The number of rotatable bonds is 6. The lowest BCUT2D eigenvalue weighted by Gasteiger charge is -2.15. The fourth-order valence-corrected chi connectivity index (χ4v) is 3.26. The third-order valence-electron chi connectivity index (χ3n) is 4.94. The second-order valence-electron chi connectivity index (χ2n) is 7.18. The molecule has 0 atom stereocenters. The first kappa shape index (κ1) is 22.1. The summed E-state index contributed by atoms with van der Waals surface area (Å²) in [6, 6.07) is 11.0. The van der Waals surface area contributed by atoms with Crippen LogP contribution in [0, 0.1) is 20.8 Å². The Balaban J connectivity index is 1.95. The van der Waals surface area contributed by atoms with Gasteiger partial charge in [0.25, 0.3) is 5.91 Å². The zero-order valence-electron chi connectivity index (χ0n) is 18.0. The first-order chi connectivity index (χ1) is 14.8. The molecule has 160 valence electrons. The Morgan fingerprint density at radius 1 is 1.06 bits per heavy atom. The number of amides is 1. The molecular formula is C24H25N3O4. The highest BCUT2D eigenvalue weighted by molar-refractivity contribution is 6.05. The summed E-state index contributed by atoms with van der Waals surface area (Å²) in [4.78, 5) is 34.0. The van der Waals surface area contributed by atoms with Crippen molar-refractivity contribution >= 4 is 17.6 Å². The Hall–Kier alpha value is -3.58. The second-order valence-corrected chi connectivity index (χ2v) is 7.18. The molecule has 0 spiro atoms. The Kier molecular flexibility index (Phi) is 6.77. The molecular weight excluding hydrogens is 394 g/mol. The molecule has 1 amide bonds. The monoisotopic (exact) mass is 419 g/mol. The van der Waals surface area contributed by atoms with Gasteiger partial charge in [-0.3, -0.25) is 4.79 Å². The van der Waals surface area contributed by atoms with Crippen LogP contribution in [0.2, 0.25) is 0 Å². The summed E-state index contributed by atoms with van der Waals surface area (Å²) in [5.41, 5.74) is 5.14. The molecule has 0 aliphatic heterocycles. The lowest BCUT2D eigenvalue weighted by molar-refractivity contribution is 0.0518. The maximum atomic E-state index is 13.1. The van der Waals surface area contributed by atoms with Crippen LogP contribution in [-0.4, -0.2) is 33.6 Å². The number of hydrogen-bond acceptors (Lipinski definition) is 6. The van der Waals surface area contributed by atoms with Crippen LogP contribution in [0.5, 0.6) is 0 Å². The van der Waals surface area contributed by atoms with Gasteiger partial charge in [-0.15, -0.1) is 0 Å². The molecule has 3 aromatic rings. The highest BCUT2D eigenvalue weighted by atomic mass is 16.5. The van der Waals surface area contributed by atoms with Crippen molar-refractivity contribution < 1.29 is 19.4 Å². The van der Waals surface area contributed by atoms with E-state index in [4.69, 9.17) is 4.74 Å². The number of aromatic nitrogens is 2. The van der Waals surface area contributed by atoms with Crippen molar-refractivity contribution in [3.63, 3.8) is 0 Å². The molecule has 0 bridgehead atoms. The zero-order chi connectivity index (χ0) is 22.5. The minimum absolute atomic E-state index is 0.0730. The summed E-state index contributed by atoms with van der Waals surface area (Å²) in [5, 5.41) is 12.3. The van der Waals surface area contributed by atoms with Crippen molar-refractivity contribution in [3.8, 4) is 11.3 Å². The van der Waals surface area contributed by atoms with E-state index in [1.165, 1.54) is 6.20 Å². The minimum atomic E-state index is -0.532. The van der Waals surface area contributed by atoms with Crippen LogP contribution < -0.4 is 5.32 Å². The standard InChI is InChI=1S/C24H25N3O4/c1-5-31-24(30)22-16(4)20(15(3)12-25-22)27-23(29)21-14(2)9-10-19(26-21)18-8-6-7-17(11-18)13-28/h6-12,28H,5,13H2,1-4H3,(H,25,27,29). The number of pyridine rings is 2. The Labute approximate surface area is 181 Å². The van der Waals surface area contributed by atoms with Crippen molar-refractivity contribution in [1.29, 1.82) is 0 Å². The summed E-state index contributed by atoms with van der Waals surface area (Å²) < 4.78 is 5.05. The number of nitrogens with zero attached hydrogens (tertiary/aromatic N) is 2. The molecule has 0 unspecified atom stereocenters. The average molecular weight is 419 g/mol. The average Bonchev–Trinajstić information content (AvgIpc) is 2.77. The number of aliphatic hydroxyl groups excluding tert-OH is 1. The maximum Gasteiger partial charge on any atom is 0.357 e. The topological polar surface area (TPSA) is 101 Å². The molecule has 3 rings (SSSR count). The van der Waals surface area contributed by atoms with Crippen molar-refractivity contribution in [1.82, 2.24) is 9.97 Å². The third kappa shape index (κ3) is 4.78. The predicted molar refractivity (Wildman–Crippen MR) is 118 cm³/mol. The smallest absolute Gasteiger partial charge is 0.357 e. The number of benzene rings is 1. The first-order valence-electron chi connectivity index (χ1n) is 9.98. The van der Waals surface area contributed by atoms with Crippen LogP contribution in [0.3, 0.4) is 0 Å². The van der Waals surface area contributed by atoms with Gasteiger partial charge in [0.15, 0.2) is 5.69 Å². The van der Waals surface area contributed by atoms with Gasteiger partial charge in [0.2, 0.25) is 0 Å². The molecule has 2 heterocycles. The largest absolute Gasteiger partial charge is 0.461 e. The van der Waals surface area contributed by atoms with Gasteiger partial charge >= 0.3 is 5.97 Å². The van der Waals surface area contributed by atoms with E-state index in [1.54, 1.807) is 13.8 Å². The normalized spacial score (nSPS) is 10.6. The number of ether oxygens (including phenoxy) is 1. The van der Waals surface area contributed by atoms with Gasteiger partial charge in [-0.05, 0) is 56.5 Å². The molecule has 2 N–H and O–H groups in total. The number of hydrogen-bond donors (Lipinski definition) is 2. The highest BCUT2D eigenvalue weighted by Gasteiger charge is 2.20. The van der Waals surface area contributed by atoms with Crippen molar-refractivity contribution in [2.45, 2.75) is 34.3 Å². The van der Waals surface area contributed by atoms with Gasteiger partial charge in [0.05, 0.1) is 24.6 Å². The molecule has 7 heteroatoms. The van der Waals surface area contributed by atoms with Crippen LogP contribution >= 0.6 is 0 Å². The quantitative estimate of drug-likeness (QED) is 0.586. The van der Waals surface area contributed by atoms with Crippen molar-refractivity contribution in [3.05, 3.63) is 76.2 Å². The second kappa shape index (κ2) is 9.49. The molecule has 2 aromatic heterocycles. The number of anilines is 1. The Morgan fingerprint density at radius 3 is 2.55 bits per heavy atom. The number of aryl methyl sites for hydroxylation is 2. The number of carbonyl (C=O) groups is 2. The first-order valence-corrected chi connectivity index (χ1v) is 9.98. The van der Waals surface area contributed by atoms with E-state index in [0.717, 1.165) is 22.3 Å². The summed E-state index contributed by atoms with van der Waals surface area (Å²) in [6.45, 7) is 7.23. The van der Waals surface area contributed by atoms with Gasteiger partial charge in [0.1, 0.15) is 5.69 Å². The summed E-state index contributed by atoms with van der Waals surface area (Å²) in [6.07, 6.45) is 1.53. The van der Waals surface area contributed by atoms with Gasteiger partial charge < -0.3 is 15.2 Å². The molecule has 0 fully saturated rings. The third-order valence-corrected chi connectivity index (χ3v) is 4.94. The van der Waals surface area contributed by atoms with E-state index < -0.39 is 5.97 Å². The number of carbonyl (C=O) groups excluding carboxylic acids is 2. The maximum absolute atomic E-state index is 13.1. The number of nitrogens with one attached hydrogen (secondary N) is 1. The molecule has 0 saturated carbocycles. The lowest BCUT2D eigenvalue weighted by Crippen LogP contribution is -2.19. The Bertz CT molecular complexity index is 1140. The van der Waals surface area contributed by atoms with Gasteiger partial charge in [0, 0.05) is 17.3 Å². The molecule has 0 radical (unpaired) electrons. The van der Waals surface area contributed by atoms with Crippen molar-refractivity contribution in [2.24, 2.45) is 0 Å². The number of esters is 1. The van der Waals surface area contributed by atoms with E-state index in [1.807, 2.05) is 50.2 Å². The molecule has 0 aliphatic carbocycles. The number of aliphatic hydroxyl groups is 1. The van der Waals surface area contributed by atoms with E-state index in [2.05, 4.69) is 15.3 Å². The van der Waals surface area contributed by atoms with E-state index in [-0.39, 0.29) is 30.5 Å². The molecule has 0 saturated heterocycles. The summed E-state index contributed by atoms with van der Waals surface area (Å²) in [7, 11) is 0. The Morgan fingerprint density at radius 2 is 1.84 bits per heavy atom.